The third-order valence-corrected chi connectivity index (χ3v) is 2.97. The average Bonchev–Trinajstić information content (AvgIpc) is 2.01. The first-order chi connectivity index (χ1) is 5.31. The Balaban J connectivity index is 3.02. The van der Waals surface area contributed by atoms with Gasteiger partial charge in [-0.05, 0) is 19.1 Å². The molecule has 0 atom stereocenters. The van der Waals surface area contributed by atoms with E-state index in [1.54, 1.807) is 0 Å². The third-order valence-electron chi connectivity index (χ3n) is 1.50. The fraction of sp³-hybridized carbons (Fsp3) is 1.00. The number of thioether (sulfide) groups is 2. The largest absolute Gasteiger partial charge is 0.305 e. The van der Waals surface area contributed by atoms with Gasteiger partial charge >= 0.3 is 0 Å². The molecule has 0 aliphatic heterocycles. The van der Waals surface area contributed by atoms with Gasteiger partial charge in [0.05, 0.1) is 0 Å². The van der Waals surface area contributed by atoms with Crippen LogP contribution in [0.2, 0.25) is 0 Å². The van der Waals surface area contributed by atoms with E-state index in [-0.39, 0.29) is 0 Å². The lowest BCUT2D eigenvalue weighted by Gasteiger charge is -2.14. The number of rotatable bonds is 7. The number of nitrogens with zero attached hydrogens (tertiary/aromatic N) is 1. The van der Waals surface area contributed by atoms with Crippen LogP contribution in [0.5, 0.6) is 0 Å². The molecule has 0 unspecified atom stereocenters. The predicted octanol–water partition coefficient (Wildman–Crippen LogP) is 2.03. The van der Waals surface area contributed by atoms with Crippen LogP contribution in [0.15, 0.2) is 0 Å². The molecule has 0 amide bonds. The zero-order chi connectivity index (χ0) is 8.53. The van der Waals surface area contributed by atoms with Gasteiger partial charge in [0.1, 0.15) is 0 Å². The van der Waals surface area contributed by atoms with Crippen molar-refractivity contribution >= 4 is 23.5 Å². The fourth-order valence-electron chi connectivity index (χ4n) is 0.724. The smallest absolute Gasteiger partial charge is 0.00696 e. The summed E-state index contributed by atoms with van der Waals surface area (Å²) in [6.07, 6.45) is 2.16. The minimum Gasteiger partial charge on any atom is -0.305 e. The van der Waals surface area contributed by atoms with Gasteiger partial charge in [0.25, 0.3) is 0 Å². The van der Waals surface area contributed by atoms with E-state index in [4.69, 9.17) is 0 Å². The van der Waals surface area contributed by atoms with Crippen LogP contribution in [0.25, 0.3) is 0 Å². The van der Waals surface area contributed by atoms with Crippen molar-refractivity contribution in [3.05, 3.63) is 0 Å². The molecule has 0 spiro atoms. The average molecular weight is 193 g/mol. The Bertz CT molecular complexity index is 78.5. The summed E-state index contributed by atoms with van der Waals surface area (Å²) in [5.74, 6) is 3.78. The fourth-order valence-corrected chi connectivity index (χ4v) is 1.95. The molecule has 0 aliphatic rings. The van der Waals surface area contributed by atoms with E-state index < -0.39 is 0 Å². The highest BCUT2D eigenvalue weighted by atomic mass is 32.2. The lowest BCUT2D eigenvalue weighted by molar-refractivity contribution is 0.380. The molecule has 0 heterocycles. The third kappa shape index (κ3) is 8.57. The summed E-state index contributed by atoms with van der Waals surface area (Å²) in [5, 5.41) is 0. The summed E-state index contributed by atoms with van der Waals surface area (Å²) in [6.45, 7) is 4.68. The van der Waals surface area contributed by atoms with Crippen LogP contribution in [-0.2, 0) is 0 Å². The molecule has 3 heteroatoms. The topological polar surface area (TPSA) is 3.24 Å². The first-order valence-corrected chi connectivity index (χ1v) is 6.61. The van der Waals surface area contributed by atoms with Gasteiger partial charge < -0.3 is 4.90 Å². The summed E-state index contributed by atoms with van der Waals surface area (Å²) < 4.78 is 0. The molecule has 0 bridgehead atoms. The van der Waals surface area contributed by atoms with E-state index in [1.807, 2.05) is 23.5 Å². The zero-order valence-electron chi connectivity index (χ0n) is 7.80. The molecule has 0 rings (SSSR count). The van der Waals surface area contributed by atoms with Crippen molar-refractivity contribution in [3.8, 4) is 0 Å². The predicted molar refractivity (Wildman–Crippen MR) is 58.9 cm³/mol. The van der Waals surface area contributed by atoms with E-state index in [2.05, 4.69) is 25.1 Å². The summed E-state index contributed by atoms with van der Waals surface area (Å²) >= 11 is 3.94. The molecule has 0 aliphatic carbocycles. The molecule has 0 aromatic heterocycles. The molecule has 0 saturated heterocycles. The molecule has 0 aromatic carbocycles. The molecule has 0 radical (unpaired) electrons. The summed E-state index contributed by atoms with van der Waals surface area (Å²) in [5.41, 5.74) is 0. The van der Waals surface area contributed by atoms with E-state index in [0.717, 1.165) is 0 Å². The second-order valence-corrected chi connectivity index (χ2v) is 4.87. The highest BCUT2D eigenvalue weighted by Crippen LogP contribution is 1.99. The van der Waals surface area contributed by atoms with Gasteiger partial charge in [-0.15, -0.1) is 0 Å². The number of hydrogen-bond donors (Lipinski definition) is 0. The van der Waals surface area contributed by atoms with Crippen molar-refractivity contribution < 1.29 is 0 Å². The lowest BCUT2D eigenvalue weighted by Crippen LogP contribution is -2.23. The van der Waals surface area contributed by atoms with Gasteiger partial charge in [0.15, 0.2) is 0 Å². The van der Waals surface area contributed by atoms with Gasteiger partial charge in [-0.3, -0.25) is 0 Å². The Hall–Kier alpha value is 0.660. The van der Waals surface area contributed by atoms with Crippen molar-refractivity contribution in [3.63, 3.8) is 0 Å². The van der Waals surface area contributed by atoms with Gasteiger partial charge in [-0.2, -0.15) is 23.5 Å². The Morgan fingerprint density at radius 3 is 2.36 bits per heavy atom. The molecular weight excluding hydrogens is 174 g/mol. The quantitative estimate of drug-likeness (QED) is 0.570. The van der Waals surface area contributed by atoms with Crippen molar-refractivity contribution in [1.29, 1.82) is 0 Å². The highest BCUT2D eigenvalue weighted by molar-refractivity contribution is 7.99. The first kappa shape index (κ1) is 11.7. The number of hydrogen-bond acceptors (Lipinski definition) is 3. The normalized spacial score (nSPS) is 10.9. The standard InChI is InChI=1S/C8H19NS2/c1-4-11-8-6-9(2)5-7-10-3/h4-8H2,1-3H3. The van der Waals surface area contributed by atoms with Crippen LogP contribution < -0.4 is 0 Å². The van der Waals surface area contributed by atoms with Gasteiger partial charge in [-0.1, -0.05) is 6.92 Å². The molecular formula is C8H19NS2. The van der Waals surface area contributed by atoms with E-state index in [9.17, 15) is 0 Å². The maximum absolute atomic E-state index is 2.40. The lowest BCUT2D eigenvalue weighted by atomic mass is 10.6. The summed E-state index contributed by atoms with van der Waals surface area (Å²) in [6, 6.07) is 0. The Kier molecular flexibility index (Phi) is 9.28. The summed E-state index contributed by atoms with van der Waals surface area (Å²) in [7, 11) is 2.20. The molecule has 0 saturated carbocycles. The second-order valence-electron chi connectivity index (χ2n) is 2.49. The van der Waals surface area contributed by atoms with Crippen LogP contribution in [-0.4, -0.2) is 48.6 Å². The minimum absolute atomic E-state index is 1.23. The Labute approximate surface area is 79.3 Å². The minimum atomic E-state index is 1.23. The maximum atomic E-state index is 2.40. The van der Waals surface area contributed by atoms with Crippen molar-refractivity contribution in [2.24, 2.45) is 0 Å². The van der Waals surface area contributed by atoms with E-state index >= 15 is 0 Å². The molecule has 11 heavy (non-hydrogen) atoms. The van der Waals surface area contributed by atoms with Crippen LogP contribution in [0.4, 0.5) is 0 Å². The van der Waals surface area contributed by atoms with Gasteiger partial charge in [-0.25, -0.2) is 0 Å². The molecule has 0 aromatic rings. The summed E-state index contributed by atoms with van der Waals surface area (Å²) in [4.78, 5) is 2.40. The van der Waals surface area contributed by atoms with Crippen LogP contribution in [0.1, 0.15) is 6.92 Å². The highest BCUT2D eigenvalue weighted by Gasteiger charge is 1.95. The van der Waals surface area contributed by atoms with Crippen molar-refractivity contribution in [1.82, 2.24) is 4.90 Å². The van der Waals surface area contributed by atoms with Gasteiger partial charge in [0.2, 0.25) is 0 Å². The van der Waals surface area contributed by atoms with Crippen LogP contribution in [0, 0.1) is 0 Å². The molecule has 0 N–H and O–H groups in total. The van der Waals surface area contributed by atoms with E-state index in [0.29, 0.717) is 0 Å². The van der Waals surface area contributed by atoms with Crippen LogP contribution >= 0.6 is 23.5 Å². The second kappa shape index (κ2) is 8.75. The molecule has 68 valence electrons. The van der Waals surface area contributed by atoms with Crippen molar-refractivity contribution in [2.45, 2.75) is 6.92 Å². The SMILES string of the molecule is CCSCCN(C)CCSC. The monoisotopic (exact) mass is 193 g/mol. The van der Waals surface area contributed by atoms with Crippen molar-refractivity contribution in [2.75, 3.05) is 43.7 Å². The molecule has 0 fully saturated rings. The van der Waals surface area contributed by atoms with Crippen LogP contribution in [0.3, 0.4) is 0 Å². The van der Waals surface area contributed by atoms with Gasteiger partial charge in [0, 0.05) is 24.6 Å². The van der Waals surface area contributed by atoms with E-state index in [1.165, 1.54) is 30.3 Å². The zero-order valence-corrected chi connectivity index (χ0v) is 9.43. The Morgan fingerprint density at radius 2 is 1.82 bits per heavy atom. The molecule has 1 nitrogen and oxygen atoms in total. The Morgan fingerprint density at radius 1 is 1.18 bits per heavy atom. The first-order valence-electron chi connectivity index (χ1n) is 4.06. The maximum Gasteiger partial charge on any atom is 0.00696 e.